The molecule has 2 aromatic carbocycles. The van der Waals surface area contributed by atoms with Crippen LogP contribution in [0.3, 0.4) is 0 Å². The number of hydrogen-bond donors (Lipinski definition) is 5. The summed E-state index contributed by atoms with van der Waals surface area (Å²) in [6.07, 6.45) is 0. The lowest BCUT2D eigenvalue weighted by Gasteiger charge is -2.23. The molecule has 1 atom stereocenters. The Kier molecular flexibility index (Phi) is 9.33. The van der Waals surface area contributed by atoms with E-state index < -0.39 is 34.5 Å². The molecule has 0 heterocycles. The fourth-order valence-electron chi connectivity index (χ4n) is 2.87. The first-order chi connectivity index (χ1) is 15.6. The molecule has 11 nitrogen and oxygen atoms in total. The number of carbonyl (C=O) groups excluding carboxylic acids is 2. The molecule has 0 saturated heterocycles. The molecular weight excluding hydrogens is 448 g/mol. The van der Waals surface area contributed by atoms with E-state index >= 15 is 0 Å². The number of benzene rings is 2. The maximum Gasteiger partial charge on any atom is 0.243 e. The summed E-state index contributed by atoms with van der Waals surface area (Å²) in [5.41, 5.74) is 12.5. The molecule has 0 radical (unpaired) electrons. The number of nitrogens with zero attached hydrogens (tertiary/aromatic N) is 2. The predicted molar refractivity (Wildman–Crippen MR) is 124 cm³/mol. The number of sulfonamides is 1. The van der Waals surface area contributed by atoms with Crippen molar-refractivity contribution in [1.29, 1.82) is 0 Å². The molecule has 12 heteroatoms. The molecular formula is C21H28N6O5S. The average molecular weight is 477 g/mol. The second-order valence-corrected chi connectivity index (χ2v) is 9.03. The van der Waals surface area contributed by atoms with Crippen LogP contribution in [0, 0.1) is 0 Å². The highest BCUT2D eigenvalue weighted by Crippen LogP contribution is 2.12. The molecule has 0 fully saturated rings. The summed E-state index contributed by atoms with van der Waals surface area (Å²) in [7, 11) is -2.55. The lowest BCUT2D eigenvalue weighted by Crippen LogP contribution is -2.51. The van der Waals surface area contributed by atoms with Gasteiger partial charge in [0.05, 0.1) is 24.6 Å². The van der Waals surface area contributed by atoms with Gasteiger partial charge in [-0.3, -0.25) is 9.59 Å². The molecule has 178 valence electrons. The highest BCUT2D eigenvalue weighted by Gasteiger charge is 2.27. The van der Waals surface area contributed by atoms with E-state index in [9.17, 15) is 23.1 Å². The van der Waals surface area contributed by atoms with Crippen LogP contribution in [-0.4, -0.2) is 62.4 Å². The second kappa shape index (κ2) is 11.9. The Morgan fingerprint density at radius 2 is 1.70 bits per heavy atom. The van der Waals surface area contributed by atoms with Gasteiger partial charge in [0.2, 0.25) is 21.8 Å². The van der Waals surface area contributed by atoms with E-state index in [4.69, 9.17) is 11.5 Å². The fraction of sp³-hybridized carbons (Fsp3) is 0.286. The van der Waals surface area contributed by atoms with Crippen LogP contribution in [0.5, 0.6) is 0 Å². The largest absolute Gasteiger partial charge is 0.394 e. The van der Waals surface area contributed by atoms with Gasteiger partial charge in [-0.1, -0.05) is 42.5 Å². The monoisotopic (exact) mass is 476 g/mol. The number of aliphatic hydroxyl groups excluding tert-OH is 1. The van der Waals surface area contributed by atoms with Crippen molar-refractivity contribution in [2.75, 3.05) is 20.2 Å². The van der Waals surface area contributed by atoms with E-state index in [0.29, 0.717) is 11.3 Å². The van der Waals surface area contributed by atoms with E-state index in [1.54, 1.807) is 54.6 Å². The molecule has 0 saturated carbocycles. The predicted octanol–water partition coefficient (Wildman–Crippen LogP) is -0.853. The molecule has 7 N–H and O–H groups in total. The summed E-state index contributed by atoms with van der Waals surface area (Å²) in [5, 5.41) is 12.2. The van der Waals surface area contributed by atoms with E-state index in [2.05, 4.69) is 15.0 Å². The zero-order chi connectivity index (χ0) is 24.4. The van der Waals surface area contributed by atoms with Gasteiger partial charge in [-0.15, -0.1) is 0 Å². The Balaban J connectivity index is 1.87. The Bertz CT molecular complexity index is 1070. The van der Waals surface area contributed by atoms with Crippen LogP contribution in [-0.2, 0) is 31.9 Å². The van der Waals surface area contributed by atoms with Crippen LogP contribution >= 0.6 is 0 Å². The molecule has 0 aromatic heterocycles. The van der Waals surface area contributed by atoms with Crippen molar-refractivity contribution in [1.82, 2.24) is 14.9 Å². The lowest BCUT2D eigenvalue weighted by atomic mass is 10.2. The number of nitrogens with one attached hydrogen (secondary N) is 2. The molecule has 1 unspecified atom stereocenters. The Morgan fingerprint density at radius 3 is 2.27 bits per heavy atom. The number of nitrogens with two attached hydrogens (primary N) is 2. The molecule has 0 bridgehead atoms. The van der Waals surface area contributed by atoms with Gasteiger partial charge in [-0.25, -0.2) is 18.1 Å². The van der Waals surface area contributed by atoms with Gasteiger partial charge in [0.1, 0.15) is 6.04 Å². The Labute approximate surface area is 192 Å². The van der Waals surface area contributed by atoms with Crippen molar-refractivity contribution in [2.24, 2.45) is 16.5 Å². The standard InChI is InChI=1S/C21H28N6O5S/c1-27(12-19(29)24-11-15-7-9-17(10-8-15)25-21(22)23)20(30)18(13-28)26-33(31,32)14-16-5-3-2-4-6-16/h2-10,18,26,28H,11-14H2,1H3,(H,24,29)(H4,22,23,25). The summed E-state index contributed by atoms with van der Waals surface area (Å²) >= 11 is 0. The number of guanidine groups is 1. The maximum absolute atomic E-state index is 12.6. The average Bonchev–Trinajstić information content (AvgIpc) is 2.76. The smallest absolute Gasteiger partial charge is 0.243 e. The van der Waals surface area contributed by atoms with Gasteiger partial charge >= 0.3 is 0 Å². The highest BCUT2D eigenvalue weighted by atomic mass is 32.2. The van der Waals surface area contributed by atoms with Crippen LogP contribution in [0.25, 0.3) is 0 Å². The quantitative estimate of drug-likeness (QED) is 0.207. The summed E-state index contributed by atoms with van der Waals surface area (Å²) in [4.78, 5) is 29.7. The number of carbonyl (C=O) groups is 2. The van der Waals surface area contributed by atoms with Crippen molar-refractivity contribution < 1.29 is 23.1 Å². The van der Waals surface area contributed by atoms with Crippen LogP contribution in [0.4, 0.5) is 5.69 Å². The third kappa shape index (κ3) is 8.88. The topological polar surface area (TPSA) is 180 Å². The van der Waals surface area contributed by atoms with Gasteiger partial charge in [0.25, 0.3) is 0 Å². The normalized spacial score (nSPS) is 11.9. The molecule has 0 spiro atoms. The number of hydrogen-bond acceptors (Lipinski definition) is 6. The van der Waals surface area contributed by atoms with Crippen LogP contribution < -0.4 is 21.5 Å². The van der Waals surface area contributed by atoms with Gasteiger partial charge in [-0.05, 0) is 23.3 Å². The Morgan fingerprint density at radius 1 is 1.06 bits per heavy atom. The van der Waals surface area contributed by atoms with Crippen molar-refractivity contribution in [3.05, 3.63) is 65.7 Å². The molecule has 2 rings (SSSR count). The van der Waals surface area contributed by atoms with Gasteiger partial charge in [0, 0.05) is 13.6 Å². The minimum Gasteiger partial charge on any atom is -0.394 e. The van der Waals surface area contributed by atoms with Gasteiger partial charge < -0.3 is 26.8 Å². The van der Waals surface area contributed by atoms with Crippen molar-refractivity contribution >= 4 is 33.5 Å². The molecule has 0 aliphatic carbocycles. The zero-order valence-electron chi connectivity index (χ0n) is 18.1. The number of aliphatic hydroxyl groups is 1. The third-order valence-electron chi connectivity index (χ3n) is 4.44. The van der Waals surface area contributed by atoms with E-state index in [-0.39, 0.29) is 24.8 Å². The van der Waals surface area contributed by atoms with Gasteiger partial charge in [-0.2, -0.15) is 0 Å². The molecule has 33 heavy (non-hydrogen) atoms. The third-order valence-corrected chi connectivity index (χ3v) is 5.80. The van der Waals surface area contributed by atoms with Crippen molar-refractivity contribution in [3.8, 4) is 0 Å². The van der Waals surface area contributed by atoms with E-state index in [0.717, 1.165) is 10.5 Å². The molecule has 0 aliphatic heterocycles. The lowest BCUT2D eigenvalue weighted by molar-refractivity contribution is -0.136. The number of amides is 2. The van der Waals surface area contributed by atoms with Crippen molar-refractivity contribution in [2.45, 2.75) is 18.3 Å². The van der Waals surface area contributed by atoms with Crippen LogP contribution in [0.15, 0.2) is 59.6 Å². The first kappa shape index (κ1) is 25.8. The number of rotatable bonds is 11. The Hall–Kier alpha value is -3.48. The summed E-state index contributed by atoms with van der Waals surface area (Å²) in [5.74, 6) is -1.59. The van der Waals surface area contributed by atoms with Crippen LogP contribution in [0.1, 0.15) is 11.1 Å². The van der Waals surface area contributed by atoms with E-state index in [1.165, 1.54) is 7.05 Å². The van der Waals surface area contributed by atoms with E-state index in [1.807, 2.05) is 0 Å². The molecule has 2 amide bonds. The first-order valence-corrected chi connectivity index (χ1v) is 11.6. The van der Waals surface area contributed by atoms with Crippen molar-refractivity contribution in [3.63, 3.8) is 0 Å². The summed E-state index contributed by atoms with van der Waals surface area (Å²) in [6, 6.07) is 13.9. The SMILES string of the molecule is CN(CC(=O)NCc1ccc(N=C(N)N)cc1)C(=O)C(CO)NS(=O)(=O)Cc1ccccc1. The fourth-order valence-corrected chi connectivity index (χ4v) is 4.19. The summed E-state index contributed by atoms with van der Waals surface area (Å²) in [6.45, 7) is -0.862. The minimum absolute atomic E-state index is 0.0627. The maximum atomic E-state index is 12.6. The molecule has 0 aliphatic rings. The minimum atomic E-state index is -3.89. The second-order valence-electron chi connectivity index (χ2n) is 7.27. The number of likely N-dealkylation sites (N-methyl/N-ethyl adjacent to an activating group) is 1. The first-order valence-electron chi connectivity index (χ1n) is 9.94. The highest BCUT2D eigenvalue weighted by molar-refractivity contribution is 7.88. The zero-order valence-corrected chi connectivity index (χ0v) is 19.0. The molecule has 2 aromatic rings. The van der Waals surface area contributed by atoms with Crippen LogP contribution in [0.2, 0.25) is 0 Å². The number of aliphatic imine (C=N–C) groups is 1. The summed E-state index contributed by atoms with van der Waals surface area (Å²) < 4.78 is 26.9. The van der Waals surface area contributed by atoms with Gasteiger partial charge in [0.15, 0.2) is 5.96 Å².